The summed E-state index contributed by atoms with van der Waals surface area (Å²) in [5, 5.41) is 3.14. The van der Waals surface area contributed by atoms with Gasteiger partial charge in [-0.15, -0.1) is 6.42 Å². The van der Waals surface area contributed by atoms with Gasteiger partial charge in [0, 0.05) is 0 Å². The molecular weight excluding hydrogens is 260 g/mol. The third-order valence-electron chi connectivity index (χ3n) is 2.44. The van der Waals surface area contributed by atoms with E-state index in [1.807, 2.05) is 30.3 Å². The van der Waals surface area contributed by atoms with Gasteiger partial charge in [-0.1, -0.05) is 36.3 Å². The quantitative estimate of drug-likeness (QED) is 0.873. The van der Waals surface area contributed by atoms with Gasteiger partial charge in [-0.3, -0.25) is 5.32 Å². The average molecular weight is 272 g/mol. The number of ether oxygens (including phenoxy) is 1. The summed E-state index contributed by atoms with van der Waals surface area (Å²) in [6.45, 7) is 2.02. The average Bonchev–Trinajstić information content (AvgIpc) is 2.78. The van der Waals surface area contributed by atoms with Crippen molar-refractivity contribution < 1.29 is 9.53 Å². The maximum atomic E-state index is 11.6. The molecule has 2 aromatic rings. The molecule has 0 aliphatic rings. The minimum atomic E-state index is -0.538. The summed E-state index contributed by atoms with van der Waals surface area (Å²) in [5.41, 5.74) is 2.25. The van der Waals surface area contributed by atoms with Gasteiger partial charge in [0.1, 0.15) is 11.6 Å². The maximum absolute atomic E-state index is 11.6. The number of carbonyl (C=O) groups is 1. The molecule has 0 radical (unpaired) electrons. The zero-order valence-corrected chi connectivity index (χ0v) is 11.2. The lowest BCUT2D eigenvalue weighted by Crippen LogP contribution is -2.13. The molecule has 1 aromatic carbocycles. The van der Waals surface area contributed by atoms with Crippen molar-refractivity contribution in [3.63, 3.8) is 0 Å². The van der Waals surface area contributed by atoms with E-state index in [9.17, 15) is 4.79 Å². The summed E-state index contributed by atoms with van der Waals surface area (Å²) >= 11 is 1.15. The molecular formula is C14H12N2O2S. The van der Waals surface area contributed by atoms with E-state index in [1.165, 1.54) is 0 Å². The maximum Gasteiger partial charge on any atom is 0.412 e. The highest BCUT2D eigenvalue weighted by Gasteiger charge is 2.12. The van der Waals surface area contributed by atoms with Crippen molar-refractivity contribution in [1.29, 1.82) is 0 Å². The van der Waals surface area contributed by atoms with Crippen LogP contribution in [0.2, 0.25) is 0 Å². The second-order valence-electron chi connectivity index (χ2n) is 3.80. The smallest absolute Gasteiger partial charge is 0.412 e. The zero-order valence-electron chi connectivity index (χ0n) is 10.3. The van der Waals surface area contributed by atoms with Crippen molar-refractivity contribution in [1.82, 2.24) is 4.37 Å². The van der Waals surface area contributed by atoms with Crippen LogP contribution in [0.3, 0.4) is 0 Å². The van der Waals surface area contributed by atoms with Gasteiger partial charge in [0.2, 0.25) is 0 Å². The van der Waals surface area contributed by atoms with Crippen LogP contribution in [-0.4, -0.2) is 10.5 Å². The fourth-order valence-electron chi connectivity index (χ4n) is 1.48. The van der Waals surface area contributed by atoms with Crippen LogP contribution in [0.4, 0.5) is 9.80 Å². The first-order valence-corrected chi connectivity index (χ1v) is 6.38. The van der Waals surface area contributed by atoms with Gasteiger partial charge in [0.15, 0.2) is 0 Å². The lowest BCUT2D eigenvalue weighted by atomic mass is 10.2. The van der Waals surface area contributed by atoms with E-state index < -0.39 is 6.09 Å². The Morgan fingerprint density at radius 2 is 2.21 bits per heavy atom. The van der Waals surface area contributed by atoms with E-state index in [0.29, 0.717) is 10.6 Å². The SMILES string of the molecule is C#Cc1c(C)nsc1NC(=O)OCc1ccccc1. The monoisotopic (exact) mass is 272 g/mol. The van der Waals surface area contributed by atoms with Crippen LogP contribution in [0, 0.1) is 19.3 Å². The van der Waals surface area contributed by atoms with Crippen LogP contribution in [0.15, 0.2) is 30.3 Å². The van der Waals surface area contributed by atoms with Gasteiger partial charge in [0.05, 0.1) is 11.3 Å². The standard InChI is InChI=1S/C14H12N2O2S/c1-3-12-10(2)16-19-13(12)15-14(17)18-9-11-7-5-4-6-8-11/h1,4-8H,9H2,2H3,(H,15,17). The van der Waals surface area contributed by atoms with E-state index in [4.69, 9.17) is 11.2 Å². The van der Waals surface area contributed by atoms with Crippen LogP contribution >= 0.6 is 11.5 Å². The van der Waals surface area contributed by atoms with E-state index in [1.54, 1.807) is 6.92 Å². The van der Waals surface area contributed by atoms with Gasteiger partial charge < -0.3 is 4.74 Å². The minimum Gasteiger partial charge on any atom is -0.444 e. The number of nitrogens with zero attached hydrogens (tertiary/aromatic N) is 1. The number of hydrogen-bond donors (Lipinski definition) is 1. The normalized spacial score (nSPS) is 9.68. The molecule has 19 heavy (non-hydrogen) atoms. The summed E-state index contributed by atoms with van der Waals surface area (Å²) in [4.78, 5) is 11.6. The molecule has 0 aliphatic heterocycles. The van der Waals surface area contributed by atoms with Crippen molar-refractivity contribution >= 4 is 22.6 Å². The molecule has 0 bridgehead atoms. The minimum absolute atomic E-state index is 0.218. The molecule has 2 rings (SSSR count). The van der Waals surface area contributed by atoms with Crippen LogP contribution in [0.1, 0.15) is 16.8 Å². The molecule has 0 spiro atoms. The Morgan fingerprint density at radius 1 is 1.47 bits per heavy atom. The number of anilines is 1. The second-order valence-corrected chi connectivity index (χ2v) is 4.58. The number of nitrogens with one attached hydrogen (secondary N) is 1. The third-order valence-corrected chi connectivity index (χ3v) is 3.29. The Balaban J connectivity index is 1.93. The molecule has 0 atom stereocenters. The van der Waals surface area contributed by atoms with Gasteiger partial charge in [-0.25, -0.2) is 4.79 Å². The lowest BCUT2D eigenvalue weighted by Gasteiger charge is -2.05. The first kappa shape index (κ1) is 13.1. The van der Waals surface area contributed by atoms with Gasteiger partial charge >= 0.3 is 6.09 Å². The van der Waals surface area contributed by atoms with E-state index in [0.717, 1.165) is 22.8 Å². The zero-order chi connectivity index (χ0) is 13.7. The number of rotatable bonds is 3. The second kappa shape index (κ2) is 6.03. The van der Waals surface area contributed by atoms with Gasteiger partial charge in [0.25, 0.3) is 0 Å². The summed E-state index contributed by atoms with van der Waals surface area (Å²) in [6, 6.07) is 9.45. The first-order chi connectivity index (χ1) is 9.20. The van der Waals surface area contributed by atoms with Crippen molar-refractivity contribution in [3.05, 3.63) is 47.2 Å². The highest BCUT2D eigenvalue weighted by atomic mass is 32.1. The Hall–Kier alpha value is -2.32. The number of hydrogen-bond acceptors (Lipinski definition) is 4. The molecule has 5 heteroatoms. The van der Waals surface area contributed by atoms with Gasteiger partial charge in [-0.05, 0) is 24.0 Å². The molecule has 0 saturated heterocycles. The number of terminal acetylenes is 1. The van der Waals surface area contributed by atoms with Crippen LogP contribution in [0.25, 0.3) is 0 Å². The molecule has 0 saturated carbocycles. The van der Waals surface area contributed by atoms with E-state index >= 15 is 0 Å². The lowest BCUT2D eigenvalue weighted by molar-refractivity contribution is 0.155. The predicted molar refractivity (Wildman–Crippen MR) is 75.0 cm³/mol. The fourth-order valence-corrected chi connectivity index (χ4v) is 2.22. The molecule has 0 aliphatic carbocycles. The molecule has 1 aromatic heterocycles. The summed E-state index contributed by atoms with van der Waals surface area (Å²) in [7, 11) is 0. The number of aryl methyl sites for hydroxylation is 1. The van der Waals surface area contributed by atoms with Crippen molar-refractivity contribution in [2.24, 2.45) is 0 Å². The third kappa shape index (κ3) is 3.33. The van der Waals surface area contributed by atoms with Gasteiger partial charge in [-0.2, -0.15) is 4.37 Å². The molecule has 0 fully saturated rings. The Kier molecular flexibility index (Phi) is 4.16. The topological polar surface area (TPSA) is 51.2 Å². The first-order valence-electron chi connectivity index (χ1n) is 5.61. The number of benzene rings is 1. The molecule has 1 heterocycles. The summed E-state index contributed by atoms with van der Waals surface area (Å²) in [5.74, 6) is 2.50. The largest absolute Gasteiger partial charge is 0.444 e. The predicted octanol–water partition coefficient (Wildman–Crippen LogP) is 3.18. The highest BCUT2D eigenvalue weighted by molar-refractivity contribution is 7.10. The highest BCUT2D eigenvalue weighted by Crippen LogP contribution is 2.23. The Morgan fingerprint density at radius 3 is 2.89 bits per heavy atom. The van der Waals surface area contributed by atoms with E-state index in [-0.39, 0.29) is 6.61 Å². The molecule has 96 valence electrons. The number of aromatic nitrogens is 1. The molecule has 0 unspecified atom stereocenters. The van der Waals surface area contributed by atoms with Crippen molar-refractivity contribution in [2.45, 2.75) is 13.5 Å². The molecule has 1 N–H and O–H groups in total. The summed E-state index contributed by atoms with van der Waals surface area (Å²) < 4.78 is 9.19. The van der Waals surface area contributed by atoms with Crippen molar-refractivity contribution in [2.75, 3.05) is 5.32 Å². The van der Waals surface area contributed by atoms with Crippen LogP contribution in [-0.2, 0) is 11.3 Å². The van der Waals surface area contributed by atoms with Crippen LogP contribution in [0.5, 0.6) is 0 Å². The Bertz CT molecular complexity index is 614. The van der Waals surface area contributed by atoms with E-state index in [2.05, 4.69) is 15.6 Å². The van der Waals surface area contributed by atoms with Crippen LogP contribution < -0.4 is 5.32 Å². The molecule has 4 nitrogen and oxygen atoms in total. The van der Waals surface area contributed by atoms with Crippen molar-refractivity contribution in [3.8, 4) is 12.3 Å². The summed E-state index contributed by atoms with van der Waals surface area (Å²) in [6.07, 6.45) is 4.82. The fraction of sp³-hybridized carbons (Fsp3) is 0.143. The molecule has 1 amide bonds. The number of amides is 1. The Labute approximate surface area is 115 Å². The number of carbonyl (C=O) groups excluding carboxylic acids is 1.